The van der Waals surface area contributed by atoms with Gasteiger partial charge in [0, 0.05) is 11.6 Å². The van der Waals surface area contributed by atoms with Crippen molar-refractivity contribution in [3.8, 4) is 11.5 Å². The summed E-state index contributed by atoms with van der Waals surface area (Å²) in [5.41, 5.74) is 0.472. The van der Waals surface area contributed by atoms with Gasteiger partial charge in [0.25, 0.3) is 0 Å². The fourth-order valence-corrected chi connectivity index (χ4v) is 3.67. The Kier molecular flexibility index (Phi) is 3.66. The molecule has 1 saturated carbocycles. The number of phenols is 2. The van der Waals surface area contributed by atoms with Crippen LogP contribution in [0.4, 0.5) is 0 Å². The second kappa shape index (κ2) is 5.44. The van der Waals surface area contributed by atoms with E-state index in [-0.39, 0.29) is 17.3 Å². The number of fused-ring (bicyclic) bond motifs is 1. The molecule has 1 aliphatic carbocycles. The van der Waals surface area contributed by atoms with Crippen molar-refractivity contribution in [1.82, 2.24) is 4.90 Å². The monoisotopic (exact) mass is 275 g/mol. The first kappa shape index (κ1) is 13.4. The minimum absolute atomic E-state index is 0.0199. The van der Waals surface area contributed by atoms with Crippen molar-refractivity contribution >= 4 is 5.78 Å². The lowest BCUT2D eigenvalue weighted by Crippen LogP contribution is -2.38. The average Bonchev–Trinajstić information content (AvgIpc) is 2.85. The van der Waals surface area contributed by atoms with E-state index in [1.165, 1.54) is 44.2 Å². The van der Waals surface area contributed by atoms with E-state index < -0.39 is 0 Å². The highest BCUT2D eigenvalue weighted by Gasteiger charge is 2.36. The second-order valence-corrected chi connectivity index (χ2v) is 6.00. The number of hydrogen-bond acceptors (Lipinski definition) is 4. The molecule has 2 unspecified atom stereocenters. The topological polar surface area (TPSA) is 60.8 Å². The maximum atomic E-state index is 12.3. The first-order chi connectivity index (χ1) is 9.65. The molecular weight excluding hydrogens is 254 g/mol. The Morgan fingerprint density at radius 3 is 2.75 bits per heavy atom. The average molecular weight is 275 g/mol. The third-order valence-electron chi connectivity index (χ3n) is 4.77. The van der Waals surface area contributed by atoms with Gasteiger partial charge >= 0.3 is 0 Å². The number of nitrogens with zero attached hydrogens (tertiary/aromatic N) is 1. The summed E-state index contributed by atoms with van der Waals surface area (Å²) in [5.74, 6) is 0.374. The van der Waals surface area contributed by atoms with E-state index in [9.17, 15) is 15.0 Å². The Labute approximate surface area is 119 Å². The van der Waals surface area contributed by atoms with Gasteiger partial charge in [0.2, 0.25) is 0 Å². The largest absolute Gasteiger partial charge is 0.504 e. The molecule has 108 valence electrons. The highest BCUT2D eigenvalue weighted by molar-refractivity contribution is 5.98. The normalized spacial score (nSPS) is 26.4. The van der Waals surface area contributed by atoms with Gasteiger partial charge in [-0.05, 0) is 49.9 Å². The number of benzene rings is 1. The summed E-state index contributed by atoms with van der Waals surface area (Å²) in [4.78, 5) is 14.6. The summed E-state index contributed by atoms with van der Waals surface area (Å²) in [6, 6.07) is 4.87. The van der Waals surface area contributed by atoms with Gasteiger partial charge in [0.15, 0.2) is 17.3 Å². The van der Waals surface area contributed by atoms with Crippen molar-refractivity contribution in [3.63, 3.8) is 0 Å². The van der Waals surface area contributed by atoms with E-state index in [1.54, 1.807) is 6.07 Å². The summed E-state index contributed by atoms with van der Waals surface area (Å²) < 4.78 is 0. The number of aromatic hydroxyl groups is 2. The van der Waals surface area contributed by atoms with Gasteiger partial charge in [-0.25, -0.2) is 0 Å². The second-order valence-electron chi connectivity index (χ2n) is 6.00. The number of Topliss-reactive ketones (excluding diaryl/α,β-unsaturated/α-hetero) is 1. The Hall–Kier alpha value is -1.55. The van der Waals surface area contributed by atoms with Gasteiger partial charge in [-0.1, -0.05) is 12.8 Å². The van der Waals surface area contributed by atoms with Crippen molar-refractivity contribution in [1.29, 1.82) is 0 Å². The third-order valence-corrected chi connectivity index (χ3v) is 4.77. The molecule has 1 saturated heterocycles. The van der Waals surface area contributed by atoms with E-state index in [4.69, 9.17) is 0 Å². The summed E-state index contributed by atoms with van der Waals surface area (Å²) in [5, 5.41) is 18.8. The highest BCUT2D eigenvalue weighted by atomic mass is 16.3. The fourth-order valence-electron chi connectivity index (χ4n) is 3.67. The summed E-state index contributed by atoms with van der Waals surface area (Å²) in [6.07, 6.45) is 6.31. The van der Waals surface area contributed by atoms with Gasteiger partial charge in [0.05, 0.1) is 6.54 Å². The first-order valence-corrected chi connectivity index (χ1v) is 7.44. The maximum Gasteiger partial charge on any atom is 0.176 e. The molecule has 0 aromatic heterocycles. The van der Waals surface area contributed by atoms with Crippen LogP contribution in [0.25, 0.3) is 0 Å². The zero-order chi connectivity index (χ0) is 14.1. The SMILES string of the molecule is O=C(CN1CCC2CCCCC21)c1ccc(O)c(O)c1. The van der Waals surface area contributed by atoms with E-state index in [1.807, 2.05) is 0 Å². The molecule has 0 bridgehead atoms. The summed E-state index contributed by atoms with van der Waals surface area (Å²) in [7, 11) is 0. The van der Waals surface area contributed by atoms with Crippen LogP contribution in [0.1, 0.15) is 42.5 Å². The lowest BCUT2D eigenvalue weighted by Gasteiger charge is -2.31. The van der Waals surface area contributed by atoms with E-state index in [0.29, 0.717) is 18.2 Å². The van der Waals surface area contributed by atoms with Crippen LogP contribution < -0.4 is 0 Å². The summed E-state index contributed by atoms with van der Waals surface area (Å²) in [6.45, 7) is 1.43. The number of phenolic OH excluding ortho intramolecular Hbond substituents is 2. The molecule has 1 heterocycles. The molecule has 1 aromatic carbocycles. The first-order valence-electron chi connectivity index (χ1n) is 7.44. The minimum Gasteiger partial charge on any atom is -0.504 e. The molecule has 2 N–H and O–H groups in total. The third kappa shape index (κ3) is 2.52. The van der Waals surface area contributed by atoms with Crippen LogP contribution in [0, 0.1) is 5.92 Å². The molecular formula is C16H21NO3. The summed E-state index contributed by atoms with van der Waals surface area (Å²) >= 11 is 0. The molecule has 0 radical (unpaired) electrons. The molecule has 1 aliphatic heterocycles. The number of carbonyl (C=O) groups excluding carboxylic acids is 1. The zero-order valence-electron chi connectivity index (χ0n) is 11.6. The van der Waals surface area contributed by atoms with Gasteiger partial charge in [-0.3, -0.25) is 9.69 Å². The molecule has 0 spiro atoms. The number of carbonyl (C=O) groups is 1. The van der Waals surface area contributed by atoms with Crippen LogP contribution in [0.5, 0.6) is 11.5 Å². The van der Waals surface area contributed by atoms with Crippen LogP contribution >= 0.6 is 0 Å². The zero-order valence-corrected chi connectivity index (χ0v) is 11.6. The van der Waals surface area contributed by atoms with Crippen LogP contribution in [-0.2, 0) is 0 Å². The standard InChI is InChI=1S/C16H21NO3/c18-14-6-5-12(9-15(14)19)16(20)10-17-8-7-11-3-1-2-4-13(11)17/h5-6,9,11,13,18-19H,1-4,7-8,10H2. The molecule has 1 aromatic rings. The van der Waals surface area contributed by atoms with Crippen molar-refractivity contribution in [2.45, 2.75) is 38.1 Å². The van der Waals surface area contributed by atoms with E-state index in [0.717, 1.165) is 12.5 Å². The van der Waals surface area contributed by atoms with Gasteiger partial charge in [-0.15, -0.1) is 0 Å². The van der Waals surface area contributed by atoms with E-state index in [2.05, 4.69) is 4.90 Å². The lowest BCUT2D eigenvalue weighted by atomic mass is 9.85. The Bertz CT molecular complexity index is 514. The van der Waals surface area contributed by atoms with E-state index >= 15 is 0 Å². The van der Waals surface area contributed by atoms with Crippen LogP contribution in [0.2, 0.25) is 0 Å². The molecule has 3 rings (SSSR count). The Balaban J connectivity index is 1.68. The Morgan fingerprint density at radius 2 is 1.95 bits per heavy atom. The fraction of sp³-hybridized carbons (Fsp3) is 0.562. The number of rotatable bonds is 3. The molecule has 4 nitrogen and oxygen atoms in total. The quantitative estimate of drug-likeness (QED) is 0.657. The molecule has 2 fully saturated rings. The maximum absolute atomic E-state index is 12.3. The predicted octanol–water partition coefficient (Wildman–Crippen LogP) is 2.55. The number of hydrogen-bond donors (Lipinski definition) is 2. The van der Waals surface area contributed by atoms with Crippen molar-refractivity contribution in [2.75, 3.05) is 13.1 Å². The highest BCUT2D eigenvalue weighted by Crippen LogP contribution is 2.36. The Morgan fingerprint density at radius 1 is 1.15 bits per heavy atom. The molecule has 4 heteroatoms. The number of likely N-dealkylation sites (tertiary alicyclic amines) is 1. The smallest absolute Gasteiger partial charge is 0.176 e. The van der Waals surface area contributed by atoms with Crippen molar-refractivity contribution in [3.05, 3.63) is 23.8 Å². The van der Waals surface area contributed by atoms with Gasteiger partial charge in [0.1, 0.15) is 0 Å². The van der Waals surface area contributed by atoms with Crippen LogP contribution in [-0.4, -0.2) is 40.0 Å². The molecule has 20 heavy (non-hydrogen) atoms. The van der Waals surface area contributed by atoms with Crippen molar-refractivity contribution in [2.24, 2.45) is 5.92 Å². The number of ketones is 1. The molecule has 0 amide bonds. The lowest BCUT2D eigenvalue weighted by molar-refractivity contribution is 0.0895. The minimum atomic E-state index is -0.229. The molecule has 2 atom stereocenters. The van der Waals surface area contributed by atoms with Crippen LogP contribution in [0.3, 0.4) is 0 Å². The predicted molar refractivity (Wildman–Crippen MR) is 76.0 cm³/mol. The van der Waals surface area contributed by atoms with Gasteiger partial charge in [-0.2, -0.15) is 0 Å². The van der Waals surface area contributed by atoms with Crippen molar-refractivity contribution < 1.29 is 15.0 Å². The van der Waals surface area contributed by atoms with Gasteiger partial charge < -0.3 is 10.2 Å². The van der Waals surface area contributed by atoms with Crippen LogP contribution in [0.15, 0.2) is 18.2 Å². The molecule has 2 aliphatic rings.